The van der Waals surface area contributed by atoms with Gasteiger partial charge in [-0.25, -0.2) is 4.79 Å². The molecule has 1 aromatic rings. The Morgan fingerprint density at radius 3 is 2.68 bits per heavy atom. The van der Waals surface area contributed by atoms with Crippen LogP contribution in [-0.2, 0) is 19.1 Å². The number of rotatable bonds is 3. The summed E-state index contributed by atoms with van der Waals surface area (Å²) in [6.45, 7) is 0.106. The molecule has 1 aliphatic rings. The number of carbonyl (C=O) groups excluding carboxylic acids is 2. The monoisotopic (exact) mass is 283 g/mol. The van der Waals surface area contributed by atoms with Gasteiger partial charge < -0.3 is 9.47 Å². The van der Waals surface area contributed by atoms with Crippen LogP contribution >= 0.6 is 11.6 Å². The van der Waals surface area contributed by atoms with E-state index in [2.05, 4.69) is 4.74 Å². The zero-order valence-electron chi connectivity index (χ0n) is 10.4. The third-order valence-corrected chi connectivity index (χ3v) is 3.19. The van der Waals surface area contributed by atoms with E-state index in [0.29, 0.717) is 0 Å². The lowest BCUT2D eigenvalue weighted by atomic mass is 10.1. The van der Waals surface area contributed by atoms with E-state index in [0.717, 1.165) is 5.56 Å². The molecule has 0 radical (unpaired) electrons. The summed E-state index contributed by atoms with van der Waals surface area (Å²) in [6, 6.07) is 8.46. The van der Waals surface area contributed by atoms with Crippen LogP contribution in [0, 0.1) is 0 Å². The first-order valence-electron chi connectivity index (χ1n) is 5.80. The van der Waals surface area contributed by atoms with E-state index in [1.807, 2.05) is 30.3 Å². The van der Waals surface area contributed by atoms with Gasteiger partial charge in [-0.15, -0.1) is 11.6 Å². The summed E-state index contributed by atoms with van der Waals surface area (Å²) in [5, 5.41) is 0. The van der Waals surface area contributed by atoms with E-state index in [9.17, 15) is 9.59 Å². The van der Waals surface area contributed by atoms with E-state index in [1.165, 1.54) is 12.0 Å². The minimum absolute atomic E-state index is 0.106. The highest BCUT2D eigenvalue weighted by Crippen LogP contribution is 2.31. The second-order valence-corrected chi connectivity index (χ2v) is 4.34. The summed E-state index contributed by atoms with van der Waals surface area (Å²) in [4.78, 5) is 25.0. The molecule has 0 unspecified atom stereocenters. The number of halogens is 1. The maximum atomic E-state index is 11.9. The van der Waals surface area contributed by atoms with E-state index in [1.54, 1.807) is 0 Å². The molecule has 0 spiro atoms. The lowest BCUT2D eigenvalue weighted by Gasteiger charge is -2.26. The number of amides is 1. The van der Waals surface area contributed by atoms with Gasteiger partial charge in [0, 0.05) is 5.56 Å². The van der Waals surface area contributed by atoms with Gasteiger partial charge in [-0.1, -0.05) is 30.3 Å². The Morgan fingerprint density at radius 2 is 2.11 bits per heavy atom. The van der Waals surface area contributed by atoms with Crippen LogP contribution in [0.3, 0.4) is 0 Å². The molecule has 19 heavy (non-hydrogen) atoms. The number of hydrogen-bond donors (Lipinski definition) is 0. The molecule has 102 valence electrons. The molecule has 0 bridgehead atoms. The quantitative estimate of drug-likeness (QED) is 0.620. The van der Waals surface area contributed by atoms with Gasteiger partial charge in [-0.3, -0.25) is 9.69 Å². The smallest absolute Gasteiger partial charge is 0.331 e. The summed E-state index contributed by atoms with van der Waals surface area (Å²) in [7, 11) is 1.28. The van der Waals surface area contributed by atoms with Crippen LogP contribution in [0.4, 0.5) is 0 Å². The molecule has 1 heterocycles. The van der Waals surface area contributed by atoms with Gasteiger partial charge in [0.05, 0.1) is 13.7 Å². The topological polar surface area (TPSA) is 55.8 Å². The summed E-state index contributed by atoms with van der Waals surface area (Å²) in [6.07, 6.45) is -0.600. The van der Waals surface area contributed by atoms with Crippen molar-refractivity contribution in [1.82, 2.24) is 4.90 Å². The molecule has 1 aliphatic heterocycles. The third kappa shape index (κ3) is 2.72. The molecule has 0 saturated carbocycles. The molecule has 1 amide bonds. The van der Waals surface area contributed by atoms with Gasteiger partial charge >= 0.3 is 5.97 Å². The first kappa shape index (κ1) is 13.8. The molecule has 2 atom stereocenters. The highest BCUT2D eigenvalue weighted by molar-refractivity contribution is 6.27. The van der Waals surface area contributed by atoms with Crippen molar-refractivity contribution < 1.29 is 19.1 Å². The molecule has 1 aromatic carbocycles. The summed E-state index contributed by atoms with van der Waals surface area (Å²) in [5.41, 5.74) is 0.798. The number of benzene rings is 1. The van der Waals surface area contributed by atoms with Gasteiger partial charge in [0.15, 0.2) is 12.3 Å². The van der Waals surface area contributed by atoms with Crippen molar-refractivity contribution in [3.05, 3.63) is 35.9 Å². The number of methoxy groups -OCH3 is 1. The van der Waals surface area contributed by atoms with Crippen LogP contribution < -0.4 is 0 Å². The molecule has 0 aliphatic carbocycles. The standard InChI is InChI=1S/C13H14ClNO4/c1-18-13(17)10-8-19-12(15(10)11(16)7-14)9-5-3-2-4-6-9/h2-6,10,12H,7-8H2,1H3/t10-,12-/m0/s1. The molecular weight excluding hydrogens is 270 g/mol. The van der Waals surface area contributed by atoms with E-state index in [-0.39, 0.29) is 18.4 Å². The minimum Gasteiger partial charge on any atom is -0.467 e. The lowest BCUT2D eigenvalue weighted by molar-refractivity contribution is -0.151. The fourth-order valence-corrected chi connectivity index (χ4v) is 2.21. The molecule has 6 heteroatoms. The zero-order chi connectivity index (χ0) is 13.8. The van der Waals surface area contributed by atoms with Crippen LogP contribution in [0.5, 0.6) is 0 Å². The fourth-order valence-electron chi connectivity index (χ4n) is 2.07. The average Bonchev–Trinajstić information content (AvgIpc) is 2.91. The zero-order valence-corrected chi connectivity index (χ0v) is 11.2. The molecule has 1 saturated heterocycles. The lowest BCUT2D eigenvalue weighted by Crippen LogP contribution is -2.44. The van der Waals surface area contributed by atoms with Crippen molar-refractivity contribution in [2.24, 2.45) is 0 Å². The molecular formula is C13H14ClNO4. The molecule has 1 fully saturated rings. The van der Waals surface area contributed by atoms with E-state index < -0.39 is 18.2 Å². The van der Waals surface area contributed by atoms with Crippen LogP contribution in [0.25, 0.3) is 0 Å². The van der Waals surface area contributed by atoms with Gasteiger partial charge in [-0.05, 0) is 0 Å². The van der Waals surface area contributed by atoms with Gasteiger partial charge in [0.2, 0.25) is 5.91 Å². The van der Waals surface area contributed by atoms with Crippen molar-refractivity contribution in [3.8, 4) is 0 Å². The Balaban J connectivity index is 2.29. The number of alkyl halides is 1. The first-order chi connectivity index (χ1) is 9.19. The second-order valence-electron chi connectivity index (χ2n) is 4.07. The number of esters is 1. The van der Waals surface area contributed by atoms with Crippen LogP contribution in [-0.4, -0.2) is 42.4 Å². The number of ether oxygens (including phenoxy) is 2. The average molecular weight is 284 g/mol. The Hall–Kier alpha value is -1.59. The van der Waals surface area contributed by atoms with Crippen LogP contribution in [0.15, 0.2) is 30.3 Å². The summed E-state index contributed by atoms with van der Waals surface area (Å²) < 4.78 is 10.2. The summed E-state index contributed by atoms with van der Waals surface area (Å²) in [5.74, 6) is -1.07. The minimum atomic E-state index is -0.749. The van der Waals surface area contributed by atoms with Crippen molar-refractivity contribution in [2.45, 2.75) is 12.3 Å². The number of hydrogen-bond acceptors (Lipinski definition) is 4. The van der Waals surface area contributed by atoms with Gasteiger partial charge in [-0.2, -0.15) is 0 Å². The second kappa shape index (κ2) is 6.04. The molecule has 0 aromatic heterocycles. The molecule has 2 rings (SSSR count). The number of carbonyl (C=O) groups is 2. The van der Waals surface area contributed by atoms with Crippen molar-refractivity contribution in [1.29, 1.82) is 0 Å². The Bertz CT molecular complexity index is 465. The third-order valence-electron chi connectivity index (χ3n) is 2.96. The van der Waals surface area contributed by atoms with Gasteiger partial charge in [0.1, 0.15) is 5.88 Å². The van der Waals surface area contributed by atoms with Gasteiger partial charge in [0.25, 0.3) is 0 Å². The SMILES string of the molecule is COC(=O)[C@@H]1CO[C@@H](c2ccccc2)N1C(=O)CCl. The van der Waals surface area contributed by atoms with Crippen LogP contribution in [0.1, 0.15) is 11.8 Å². The Morgan fingerprint density at radius 1 is 1.42 bits per heavy atom. The van der Waals surface area contributed by atoms with Crippen molar-refractivity contribution in [3.63, 3.8) is 0 Å². The van der Waals surface area contributed by atoms with Crippen molar-refractivity contribution in [2.75, 3.05) is 19.6 Å². The predicted octanol–water partition coefficient (Wildman–Crippen LogP) is 1.32. The van der Waals surface area contributed by atoms with Crippen molar-refractivity contribution >= 4 is 23.5 Å². The van der Waals surface area contributed by atoms with Crippen LogP contribution in [0.2, 0.25) is 0 Å². The predicted molar refractivity (Wildman–Crippen MR) is 68.5 cm³/mol. The Labute approximate surface area is 116 Å². The highest BCUT2D eigenvalue weighted by Gasteiger charge is 2.42. The maximum Gasteiger partial charge on any atom is 0.331 e. The highest BCUT2D eigenvalue weighted by atomic mass is 35.5. The first-order valence-corrected chi connectivity index (χ1v) is 6.34. The van der Waals surface area contributed by atoms with E-state index >= 15 is 0 Å². The molecule has 0 N–H and O–H groups in total. The largest absolute Gasteiger partial charge is 0.467 e. The van der Waals surface area contributed by atoms with E-state index in [4.69, 9.17) is 16.3 Å². The summed E-state index contributed by atoms with van der Waals surface area (Å²) >= 11 is 5.60. The normalized spacial score (nSPS) is 22.3. The maximum absolute atomic E-state index is 11.9. The fraction of sp³-hybridized carbons (Fsp3) is 0.385. The Kier molecular flexibility index (Phi) is 4.39. The number of nitrogens with zero attached hydrogens (tertiary/aromatic N) is 1. The molecule has 5 nitrogen and oxygen atoms in total.